The van der Waals surface area contributed by atoms with Gasteiger partial charge in [0.05, 0.1) is 35.3 Å². The number of hydrogen-bond donors (Lipinski definition) is 3. The number of nitrogens with zero attached hydrogens (tertiary/aromatic N) is 1. The molecule has 2 heterocycles. The van der Waals surface area contributed by atoms with Gasteiger partial charge in [-0.05, 0) is 43.3 Å². The lowest BCUT2D eigenvalue weighted by Gasteiger charge is -2.30. The highest BCUT2D eigenvalue weighted by molar-refractivity contribution is 8.00. The molecule has 7 nitrogen and oxygen atoms in total. The molecule has 1 fully saturated rings. The number of amides is 2. The van der Waals surface area contributed by atoms with Gasteiger partial charge in [0.25, 0.3) is 0 Å². The normalized spacial score (nSPS) is 18.0. The average molecular weight is 503 g/mol. The number of benzene rings is 2. The number of aromatic nitrogens is 1. The fraction of sp³-hybridized carbons (Fsp3) is 0.261. The molecule has 1 aliphatic rings. The van der Waals surface area contributed by atoms with E-state index in [9.17, 15) is 9.59 Å². The Bertz CT molecular complexity index is 1150. The van der Waals surface area contributed by atoms with Crippen LogP contribution in [0, 0.1) is 6.92 Å². The maximum Gasteiger partial charge on any atom is 0.234 e. The first-order valence-electron chi connectivity index (χ1n) is 10.3. The number of halogens is 1. The lowest BCUT2D eigenvalue weighted by molar-refractivity contribution is -0.123. The van der Waals surface area contributed by atoms with Crippen LogP contribution in [0.5, 0.6) is 5.75 Å². The van der Waals surface area contributed by atoms with Crippen molar-refractivity contribution in [1.29, 1.82) is 0 Å². The number of thioether (sulfide) groups is 1. The van der Waals surface area contributed by atoms with Crippen molar-refractivity contribution in [1.82, 2.24) is 15.6 Å². The van der Waals surface area contributed by atoms with Crippen molar-refractivity contribution < 1.29 is 14.3 Å². The van der Waals surface area contributed by atoms with Crippen molar-refractivity contribution in [2.24, 2.45) is 0 Å². The van der Waals surface area contributed by atoms with E-state index in [2.05, 4.69) is 16.0 Å². The number of carbonyl (C=O) groups is 2. The van der Waals surface area contributed by atoms with Crippen molar-refractivity contribution in [3.05, 3.63) is 64.1 Å². The molecule has 0 aliphatic carbocycles. The fourth-order valence-electron chi connectivity index (χ4n) is 3.43. The molecule has 10 heteroatoms. The molecule has 2 atom stereocenters. The highest BCUT2D eigenvalue weighted by Crippen LogP contribution is 2.35. The summed E-state index contributed by atoms with van der Waals surface area (Å²) in [6, 6.07) is 14.6. The average Bonchev–Trinajstić information content (AvgIpc) is 3.20. The number of para-hydroxylation sites is 1. The summed E-state index contributed by atoms with van der Waals surface area (Å²) >= 11 is 8.98. The Morgan fingerprint density at radius 3 is 2.76 bits per heavy atom. The van der Waals surface area contributed by atoms with Gasteiger partial charge in [0.15, 0.2) is 0 Å². The number of carbonyl (C=O) groups excluding carboxylic acids is 2. The van der Waals surface area contributed by atoms with E-state index in [0.717, 1.165) is 26.9 Å². The second-order valence-electron chi connectivity index (χ2n) is 7.41. The van der Waals surface area contributed by atoms with Crippen molar-refractivity contribution in [3.63, 3.8) is 0 Å². The quantitative estimate of drug-likeness (QED) is 0.437. The van der Waals surface area contributed by atoms with E-state index < -0.39 is 0 Å². The first-order valence-corrected chi connectivity index (χ1v) is 12.5. The van der Waals surface area contributed by atoms with Gasteiger partial charge in [0, 0.05) is 16.9 Å². The minimum Gasteiger partial charge on any atom is -0.497 e. The van der Waals surface area contributed by atoms with E-state index in [1.807, 2.05) is 31.2 Å². The first kappa shape index (κ1) is 23.6. The third-order valence-corrected chi connectivity index (χ3v) is 7.72. The van der Waals surface area contributed by atoms with Crippen molar-refractivity contribution >= 4 is 52.2 Å². The minimum atomic E-state index is -0.390. The lowest BCUT2D eigenvalue weighted by atomic mass is 10.1. The van der Waals surface area contributed by atoms with E-state index in [1.54, 1.807) is 42.7 Å². The largest absolute Gasteiger partial charge is 0.497 e. The maximum absolute atomic E-state index is 12.4. The monoisotopic (exact) mass is 502 g/mol. The Balaban J connectivity index is 1.40. The van der Waals surface area contributed by atoms with Crippen LogP contribution in [-0.2, 0) is 9.59 Å². The first-order chi connectivity index (χ1) is 15.9. The summed E-state index contributed by atoms with van der Waals surface area (Å²) in [7, 11) is 1.63. The summed E-state index contributed by atoms with van der Waals surface area (Å²) < 4.78 is 5.22. The summed E-state index contributed by atoms with van der Waals surface area (Å²) in [5.41, 5.74) is 2.06. The van der Waals surface area contributed by atoms with Crippen LogP contribution >= 0.6 is 34.7 Å². The molecule has 2 amide bonds. The fourth-order valence-corrected chi connectivity index (χ4v) is 5.61. The van der Waals surface area contributed by atoms with E-state index in [4.69, 9.17) is 21.3 Å². The van der Waals surface area contributed by atoms with Crippen LogP contribution in [0.1, 0.15) is 23.0 Å². The summed E-state index contributed by atoms with van der Waals surface area (Å²) in [6.07, 6.45) is 0.313. The SMILES string of the molecule is COc1ccc(-c2nc(C)c(C3CC(=O)NC(SCC(=O)Nc4ccccc4Cl)N3)s2)cc1. The molecule has 172 valence electrons. The number of ether oxygens (including phenoxy) is 1. The molecular formula is C23H23ClN4O3S2. The van der Waals surface area contributed by atoms with E-state index in [1.165, 1.54) is 11.8 Å². The Kier molecular flexibility index (Phi) is 7.54. The van der Waals surface area contributed by atoms with Gasteiger partial charge < -0.3 is 15.4 Å². The molecule has 4 rings (SSSR count). The predicted octanol–water partition coefficient (Wildman–Crippen LogP) is 4.59. The molecule has 0 saturated carbocycles. The summed E-state index contributed by atoms with van der Waals surface area (Å²) in [5.74, 6) is 0.689. The second-order valence-corrected chi connectivity index (χ2v) is 9.94. The van der Waals surface area contributed by atoms with Crippen molar-refractivity contribution in [3.8, 4) is 16.3 Å². The van der Waals surface area contributed by atoms with Crippen LogP contribution in [0.25, 0.3) is 10.6 Å². The highest BCUT2D eigenvalue weighted by Gasteiger charge is 2.30. The molecule has 0 radical (unpaired) electrons. The number of thiazole rings is 1. The Labute approximate surface area is 205 Å². The molecule has 1 saturated heterocycles. The third-order valence-electron chi connectivity index (χ3n) is 5.05. The van der Waals surface area contributed by atoms with Crippen LogP contribution < -0.4 is 20.7 Å². The Hall–Kier alpha value is -2.59. The number of methoxy groups -OCH3 is 1. The molecule has 2 aromatic carbocycles. The van der Waals surface area contributed by atoms with Crippen LogP contribution in [-0.4, -0.2) is 35.2 Å². The molecule has 33 heavy (non-hydrogen) atoms. The van der Waals surface area contributed by atoms with E-state index in [-0.39, 0.29) is 29.1 Å². The summed E-state index contributed by atoms with van der Waals surface area (Å²) in [6.45, 7) is 1.95. The molecule has 1 aromatic heterocycles. The maximum atomic E-state index is 12.4. The predicted molar refractivity (Wildman–Crippen MR) is 134 cm³/mol. The van der Waals surface area contributed by atoms with Gasteiger partial charge in [-0.15, -0.1) is 23.1 Å². The number of rotatable bonds is 7. The molecule has 1 aliphatic heterocycles. The van der Waals surface area contributed by atoms with Gasteiger partial charge in [-0.1, -0.05) is 23.7 Å². The summed E-state index contributed by atoms with van der Waals surface area (Å²) in [5, 5.41) is 10.5. The van der Waals surface area contributed by atoms with E-state index in [0.29, 0.717) is 17.1 Å². The van der Waals surface area contributed by atoms with Gasteiger partial charge in [-0.3, -0.25) is 14.9 Å². The topological polar surface area (TPSA) is 92.3 Å². The molecule has 3 N–H and O–H groups in total. The number of hydrogen-bond acceptors (Lipinski definition) is 7. The zero-order valence-electron chi connectivity index (χ0n) is 18.1. The number of anilines is 1. The Morgan fingerprint density at radius 1 is 1.27 bits per heavy atom. The van der Waals surface area contributed by atoms with Crippen LogP contribution in [0.15, 0.2) is 48.5 Å². The smallest absolute Gasteiger partial charge is 0.234 e. The lowest BCUT2D eigenvalue weighted by Crippen LogP contribution is -2.51. The Morgan fingerprint density at radius 2 is 2.03 bits per heavy atom. The minimum absolute atomic E-state index is 0.0680. The molecule has 2 unspecified atom stereocenters. The second kappa shape index (κ2) is 10.6. The van der Waals surface area contributed by atoms with Gasteiger partial charge in [-0.25, -0.2) is 4.98 Å². The summed E-state index contributed by atoms with van der Waals surface area (Å²) in [4.78, 5) is 30.5. The molecular weight excluding hydrogens is 480 g/mol. The zero-order chi connectivity index (χ0) is 23.4. The number of aryl methyl sites for hydroxylation is 1. The zero-order valence-corrected chi connectivity index (χ0v) is 20.4. The third kappa shape index (κ3) is 5.86. The standard InChI is InChI=1S/C23H23ClN4O3S2/c1-13-21(33-22(25-13)14-7-9-15(31-2)10-8-14)18-11-19(29)28-23(27-18)32-12-20(30)26-17-6-4-3-5-16(17)24/h3-10,18,23,27H,11-12H2,1-2H3,(H,26,30)(H,28,29). The van der Waals surface area contributed by atoms with Gasteiger partial charge in [0.2, 0.25) is 11.8 Å². The van der Waals surface area contributed by atoms with Crippen LogP contribution in [0.4, 0.5) is 5.69 Å². The highest BCUT2D eigenvalue weighted by atomic mass is 35.5. The van der Waals surface area contributed by atoms with Gasteiger partial charge >= 0.3 is 0 Å². The van der Waals surface area contributed by atoms with E-state index >= 15 is 0 Å². The van der Waals surface area contributed by atoms with Gasteiger partial charge in [0.1, 0.15) is 16.3 Å². The van der Waals surface area contributed by atoms with Crippen molar-refractivity contribution in [2.75, 3.05) is 18.2 Å². The van der Waals surface area contributed by atoms with Crippen LogP contribution in [0.2, 0.25) is 5.02 Å². The van der Waals surface area contributed by atoms with Gasteiger partial charge in [-0.2, -0.15) is 0 Å². The number of nitrogens with one attached hydrogen (secondary N) is 3. The van der Waals surface area contributed by atoms with Crippen LogP contribution in [0.3, 0.4) is 0 Å². The molecule has 0 bridgehead atoms. The molecule has 3 aromatic rings. The molecule has 0 spiro atoms. The van der Waals surface area contributed by atoms with Crippen molar-refractivity contribution in [2.45, 2.75) is 24.9 Å².